The van der Waals surface area contributed by atoms with Crippen molar-refractivity contribution in [3.8, 4) is 23.0 Å². The molecule has 2 N–H and O–H groups in total. The van der Waals surface area contributed by atoms with Gasteiger partial charge in [0, 0.05) is 30.5 Å². The molecular weight excluding hydrogens is 350 g/mol. The summed E-state index contributed by atoms with van der Waals surface area (Å²) in [4.78, 5) is 22.6. The first kappa shape index (κ1) is 21.2. The molecule has 1 amide bonds. The van der Waals surface area contributed by atoms with Crippen molar-refractivity contribution in [3.05, 3.63) is 59.7 Å². The minimum absolute atomic E-state index is 0.0539. The fourth-order valence-corrected chi connectivity index (χ4v) is 2.73. The summed E-state index contributed by atoms with van der Waals surface area (Å²) in [5.74, 6) is 5.37. The van der Waals surface area contributed by atoms with Crippen LogP contribution in [-0.4, -0.2) is 23.5 Å². The van der Waals surface area contributed by atoms with Crippen molar-refractivity contribution in [3.63, 3.8) is 0 Å². The standard InChI is InChI=1S/C24H27NO3/c1-2-3-4-5-6-8-19-10-12-20(13-11-19)21-14-16-22(17-15-21)24(28)25-18-7-9-23(26)27/h10-17H,2-5,7,9,18H2,1H3,(H,25,28)(H,26,27). The molecule has 4 nitrogen and oxygen atoms in total. The first-order valence-electron chi connectivity index (χ1n) is 9.79. The lowest BCUT2D eigenvalue weighted by molar-refractivity contribution is -0.137. The zero-order chi connectivity index (χ0) is 20.2. The molecule has 0 aliphatic carbocycles. The first-order valence-corrected chi connectivity index (χ1v) is 9.79. The number of benzene rings is 2. The molecule has 0 bridgehead atoms. The molecule has 0 aliphatic heterocycles. The van der Waals surface area contributed by atoms with E-state index in [-0.39, 0.29) is 12.3 Å². The molecule has 0 saturated heterocycles. The van der Waals surface area contributed by atoms with Gasteiger partial charge < -0.3 is 10.4 Å². The van der Waals surface area contributed by atoms with E-state index >= 15 is 0 Å². The highest BCUT2D eigenvalue weighted by Gasteiger charge is 2.06. The SMILES string of the molecule is CCCCCC#Cc1ccc(-c2ccc(C(=O)NCCCC(=O)O)cc2)cc1. The molecule has 4 heteroatoms. The maximum atomic E-state index is 12.1. The van der Waals surface area contributed by atoms with Gasteiger partial charge in [-0.1, -0.05) is 55.9 Å². The number of hydrogen-bond donors (Lipinski definition) is 2. The monoisotopic (exact) mass is 377 g/mol. The van der Waals surface area contributed by atoms with Gasteiger partial charge in [0.05, 0.1) is 0 Å². The van der Waals surface area contributed by atoms with E-state index in [1.165, 1.54) is 12.8 Å². The molecule has 28 heavy (non-hydrogen) atoms. The van der Waals surface area contributed by atoms with Crippen LogP contribution in [0.4, 0.5) is 0 Å². The van der Waals surface area contributed by atoms with Gasteiger partial charge in [0.25, 0.3) is 5.91 Å². The summed E-state index contributed by atoms with van der Waals surface area (Å²) in [6.45, 7) is 2.54. The van der Waals surface area contributed by atoms with Gasteiger partial charge in [0.2, 0.25) is 0 Å². The Bertz CT molecular complexity index is 827. The Labute approximate surface area is 167 Å². The third-order valence-electron chi connectivity index (χ3n) is 4.36. The third-order valence-corrected chi connectivity index (χ3v) is 4.36. The normalized spacial score (nSPS) is 10.0. The number of carboxylic acids is 1. The summed E-state index contributed by atoms with van der Waals surface area (Å²) in [5, 5.41) is 11.3. The van der Waals surface area contributed by atoms with Gasteiger partial charge in [0.1, 0.15) is 0 Å². The first-order chi connectivity index (χ1) is 13.6. The second-order valence-electron chi connectivity index (χ2n) is 6.67. The molecule has 0 aliphatic rings. The molecule has 2 aromatic carbocycles. The molecule has 0 radical (unpaired) electrons. The fraction of sp³-hybridized carbons (Fsp3) is 0.333. The van der Waals surface area contributed by atoms with E-state index in [4.69, 9.17) is 5.11 Å². The quantitative estimate of drug-likeness (QED) is 0.483. The number of carboxylic acid groups (broad SMARTS) is 1. The van der Waals surface area contributed by atoms with Crippen molar-refractivity contribution in [1.29, 1.82) is 0 Å². The van der Waals surface area contributed by atoms with Crippen LogP contribution in [0.3, 0.4) is 0 Å². The molecule has 0 saturated carbocycles. The Kier molecular flexibility index (Phi) is 8.81. The van der Waals surface area contributed by atoms with E-state index in [2.05, 4.69) is 24.1 Å². The molecule has 0 atom stereocenters. The van der Waals surface area contributed by atoms with Crippen LogP contribution in [0.25, 0.3) is 11.1 Å². The summed E-state index contributed by atoms with van der Waals surface area (Å²) >= 11 is 0. The smallest absolute Gasteiger partial charge is 0.303 e. The van der Waals surface area contributed by atoms with Gasteiger partial charge in [-0.15, -0.1) is 0 Å². The topological polar surface area (TPSA) is 66.4 Å². The molecule has 2 rings (SSSR count). The minimum atomic E-state index is -0.855. The number of amides is 1. The molecule has 2 aromatic rings. The number of rotatable bonds is 9. The van der Waals surface area contributed by atoms with Crippen LogP contribution in [-0.2, 0) is 4.79 Å². The largest absolute Gasteiger partial charge is 0.481 e. The maximum Gasteiger partial charge on any atom is 0.303 e. The molecule has 0 spiro atoms. The molecule has 146 valence electrons. The fourth-order valence-electron chi connectivity index (χ4n) is 2.73. The number of hydrogen-bond acceptors (Lipinski definition) is 2. The highest BCUT2D eigenvalue weighted by Crippen LogP contribution is 2.20. The van der Waals surface area contributed by atoms with E-state index < -0.39 is 5.97 Å². The van der Waals surface area contributed by atoms with Crippen LogP contribution in [0.1, 0.15) is 61.4 Å². The van der Waals surface area contributed by atoms with E-state index in [1.807, 2.05) is 36.4 Å². The minimum Gasteiger partial charge on any atom is -0.481 e. The Morgan fingerprint density at radius 1 is 0.929 bits per heavy atom. The highest BCUT2D eigenvalue weighted by molar-refractivity contribution is 5.94. The predicted molar refractivity (Wildman–Crippen MR) is 112 cm³/mol. The second kappa shape index (κ2) is 11.6. The lowest BCUT2D eigenvalue weighted by Gasteiger charge is -2.06. The third kappa shape index (κ3) is 7.28. The molecule has 0 fully saturated rings. The summed E-state index contributed by atoms with van der Waals surface area (Å²) in [5.41, 5.74) is 3.68. The van der Waals surface area contributed by atoms with Crippen molar-refractivity contribution in [1.82, 2.24) is 5.32 Å². The van der Waals surface area contributed by atoms with Crippen LogP contribution in [0.5, 0.6) is 0 Å². The number of carbonyl (C=O) groups is 2. The summed E-state index contributed by atoms with van der Waals surface area (Å²) < 4.78 is 0. The van der Waals surface area contributed by atoms with Gasteiger partial charge in [0.15, 0.2) is 0 Å². The Balaban J connectivity index is 1.90. The van der Waals surface area contributed by atoms with Crippen LogP contribution in [0, 0.1) is 11.8 Å². The Hall–Kier alpha value is -3.06. The molecular formula is C24H27NO3. The summed E-state index contributed by atoms with van der Waals surface area (Å²) in [6.07, 6.45) is 5.01. The molecule has 0 unspecified atom stereocenters. The van der Waals surface area contributed by atoms with Crippen LogP contribution < -0.4 is 5.32 Å². The zero-order valence-corrected chi connectivity index (χ0v) is 16.3. The number of aliphatic carboxylic acids is 1. The van der Waals surface area contributed by atoms with Crippen LogP contribution in [0.2, 0.25) is 0 Å². The van der Waals surface area contributed by atoms with Crippen molar-refractivity contribution in [2.24, 2.45) is 0 Å². The Morgan fingerprint density at radius 3 is 2.18 bits per heavy atom. The lowest BCUT2D eigenvalue weighted by atomic mass is 10.0. The summed E-state index contributed by atoms with van der Waals surface area (Å²) in [6, 6.07) is 15.5. The number of carbonyl (C=O) groups excluding carboxylic acids is 1. The van der Waals surface area contributed by atoms with Crippen molar-refractivity contribution in [2.75, 3.05) is 6.54 Å². The second-order valence-corrected chi connectivity index (χ2v) is 6.67. The molecule has 0 aromatic heterocycles. The number of nitrogens with one attached hydrogen (secondary N) is 1. The van der Waals surface area contributed by atoms with E-state index in [1.54, 1.807) is 12.1 Å². The van der Waals surface area contributed by atoms with Crippen molar-refractivity contribution >= 4 is 11.9 Å². The van der Waals surface area contributed by atoms with E-state index in [0.29, 0.717) is 18.5 Å². The van der Waals surface area contributed by atoms with Gasteiger partial charge in [-0.05, 0) is 48.2 Å². The average Bonchev–Trinajstić information content (AvgIpc) is 2.71. The van der Waals surface area contributed by atoms with Gasteiger partial charge in [-0.3, -0.25) is 9.59 Å². The average molecular weight is 377 g/mol. The summed E-state index contributed by atoms with van der Waals surface area (Å²) in [7, 11) is 0. The van der Waals surface area contributed by atoms with Gasteiger partial charge in [-0.25, -0.2) is 0 Å². The van der Waals surface area contributed by atoms with Crippen LogP contribution in [0.15, 0.2) is 48.5 Å². The maximum absolute atomic E-state index is 12.1. The Morgan fingerprint density at radius 2 is 1.57 bits per heavy atom. The van der Waals surface area contributed by atoms with Gasteiger partial charge in [-0.2, -0.15) is 0 Å². The van der Waals surface area contributed by atoms with Crippen molar-refractivity contribution < 1.29 is 14.7 Å². The predicted octanol–water partition coefficient (Wildman–Crippen LogP) is 4.88. The van der Waals surface area contributed by atoms with Crippen molar-refractivity contribution in [2.45, 2.75) is 45.4 Å². The number of unbranched alkanes of at least 4 members (excludes halogenated alkanes) is 3. The van der Waals surface area contributed by atoms with Crippen LogP contribution >= 0.6 is 0 Å². The molecule has 0 heterocycles. The van der Waals surface area contributed by atoms with Gasteiger partial charge >= 0.3 is 5.97 Å². The lowest BCUT2D eigenvalue weighted by Crippen LogP contribution is -2.24. The van der Waals surface area contributed by atoms with E-state index in [0.717, 1.165) is 29.5 Å². The zero-order valence-electron chi connectivity index (χ0n) is 16.3. The van der Waals surface area contributed by atoms with E-state index in [9.17, 15) is 9.59 Å². The highest BCUT2D eigenvalue weighted by atomic mass is 16.4.